The van der Waals surface area contributed by atoms with Gasteiger partial charge in [-0.15, -0.1) is 0 Å². The molecular weight excluding hydrogens is 220 g/mol. The number of aryl methyl sites for hydroxylation is 3. The van der Waals surface area contributed by atoms with E-state index in [0.29, 0.717) is 0 Å². The van der Waals surface area contributed by atoms with Crippen LogP contribution in [0.4, 0.5) is 17.6 Å². The van der Waals surface area contributed by atoms with Crippen LogP contribution in [0.3, 0.4) is 0 Å². The lowest BCUT2D eigenvalue weighted by molar-refractivity contribution is -0.205. The van der Waals surface area contributed by atoms with Gasteiger partial charge in [-0.05, 0) is 31.9 Å². The molecule has 4 heteroatoms. The smallest absolute Gasteiger partial charge is 0.200 e. The fourth-order valence-corrected chi connectivity index (χ4v) is 1.89. The van der Waals surface area contributed by atoms with Crippen LogP contribution in [0.25, 0.3) is 0 Å². The number of alkyl halides is 4. The first kappa shape index (κ1) is 13.0. The van der Waals surface area contributed by atoms with Gasteiger partial charge in [-0.25, -0.2) is 0 Å². The van der Waals surface area contributed by atoms with Crippen molar-refractivity contribution >= 4 is 0 Å². The lowest BCUT2D eigenvalue weighted by Gasteiger charge is -2.26. The molecule has 0 aliphatic carbocycles. The molecular formula is C12H14F4. The van der Waals surface area contributed by atoms with Crippen LogP contribution in [0, 0.1) is 20.8 Å². The van der Waals surface area contributed by atoms with Crippen LogP contribution in [0.1, 0.15) is 29.2 Å². The zero-order valence-corrected chi connectivity index (χ0v) is 9.67. The van der Waals surface area contributed by atoms with Gasteiger partial charge in [0.2, 0.25) is 0 Å². The first-order valence-electron chi connectivity index (χ1n) is 4.91. The summed E-state index contributed by atoms with van der Waals surface area (Å²) in [6.45, 7) is 4.84. The first-order chi connectivity index (χ1) is 7.07. The Hall–Kier alpha value is -1.06. The summed E-state index contributed by atoms with van der Waals surface area (Å²) in [5.41, 5.74) is 0.618. The van der Waals surface area contributed by atoms with E-state index in [9.17, 15) is 17.6 Å². The Bertz CT molecular complexity index is 379. The maximum absolute atomic E-state index is 13.6. The van der Waals surface area contributed by atoms with Gasteiger partial charge >= 0.3 is 11.8 Å². The highest BCUT2D eigenvalue weighted by molar-refractivity contribution is 5.41. The third-order valence-corrected chi connectivity index (χ3v) is 2.54. The van der Waals surface area contributed by atoms with E-state index >= 15 is 0 Å². The van der Waals surface area contributed by atoms with Crippen LogP contribution < -0.4 is 0 Å². The molecule has 1 aromatic carbocycles. The molecule has 0 aliphatic heterocycles. The first-order valence-corrected chi connectivity index (χ1v) is 4.91. The molecule has 16 heavy (non-hydrogen) atoms. The van der Waals surface area contributed by atoms with Crippen LogP contribution in [-0.2, 0) is 5.92 Å². The Morgan fingerprint density at radius 1 is 0.875 bits per heavy atom. The highest BCUT2D eigenvalue weighted by Crippen LogP contribution is 2.45. The van der Waals surface area contributed by atoms with E-state index < -0.39 is 17.4 Å². The van der Waals surface area contributed by atoms with Gasteiger partial charge in [0, 0.05) is 12.5 Å². The van der Waals surface area contributed by atoms with Gasteiger partial charge in [0.05, 0.1) is 0 Å². The zero-order valence-electron chi connectivity index (χ0n) is 9.67. The topological polar surface area (TPSA) is 0 Å². The molecule has 0 aromatic heterocycles. The van der Waals surface area contributed by atoms with Gasteiger partial charge in [0.25, 0.3) is 0 Å². The van der Waals surface area contributed by atoms with Gasteiger partial charge in [0.15, 0.2) is 0 Å². The van der Waals surface area contributed by atoms with Crippen molar-refractivity contribution in [1.29, 1.82) is 0 Å². The number of hydrogen-bond donors (Lipinski definition) is 0. The van der Waals surface area contributed by atoms with E-state index in [1.807, 2.05) is 0 Å². The minimum absolute atomic E-state index is 0.198. The number of benzene rings is 1. The summed E-state index contributed by atoms with van der Waals surface area (Å²) in [6, 6.07) is 2.98. The molecule has 0 nitrogen and oxygen atoms in total. The SMILES string of the molecule is Cc1cc(C)c(C(F)(F)C(C)(F)F)c(C)c1. The minimum atomic E-state index is -4.13. The summed E-state index contributed by atoms with van der Waals surface area (Å²) in [5.74, 6) is -8.19. The highest BCUT2D eigenvalue weighted by atomic mass is 19.3. The van der Waals surface area contributed by atoms with E-state index in [4.69, 9.17) is 0 Å². The Kier molecular flexibility index (Phi) is 3.05. The number of hydrogen-bond acceptors (Lipinski definition) is 0. The van der Waals surface area contributed by atoms with Crippen LogP contribution in [0.15, 0.2) is 12.1 Å². The maximum Gasteiger partial charge on any atom is 0.335 e. The summed E-state index contributed by atoms with van der Waals surface area (Å²) >= 11 is 0. The van der Waals surface area contributed by atoms with Crippen LogP contribution in [0.5, 0.6) is 0 Å². The lowest BCUT2D eigenvalue weighted by Crippen LogP contribution is -2.36. The molecule has 0 saturated carbocycles. The molecule has 0 aliphatic rings. The standard InChI is InChI=1S/C12H14F4/c1-7-5-8(2)10(9(3)6-7)12(15,16)11(4,13)14/h5-6H,1-4H3. The van der Waals surface area contributed by atoms with E-state index in [1.54, 1.807) is 6.92 Å². The Morgan fingerprint density at radius 3 is 1.56 bits per heavy atom. The molecule has 0 spiro atoms. The Morgan fingerprint density at radius 2 is 1.25 bits per heavy atom. The third-order valence-electron chi connectivity index (χ3n) is 2.54. The quantitative estimate of drug-likeness (QED) is 0.667. The zero-order chi connectivity index (χ0) is 12.7. The largest absolute Gasteiger partial charge is 0.335 e. The van der Waals surface area contributed by atoms with Crippen molar-refractivity contribution in [3.8, 4) is 0 Å². The molecule has 0 heterocycles. The molecule has 0 bridgehead atoms. The lowest BCUT2D eigenvalue weighted by atomic mass is 9.92. The summed E-state index contributed by atoms with van der Waals surface area (Å²) in [7, 11) is 0. The molecule has 0 fully saturated rings. The van der Waals surface area contributed by atoms with Crippen LogP contribution in [-0.4, -0.2) is 5.92 Å². The van der Waals surface area contributed by atoms with Crippen molar-refractivity contribution in [2.75, 3.05) is 0 Å². The van der Waals surface area contributed by atoms with E-state index in [1.165, 1.54) is 26.0 Å². The van der Waals surface area contributed by atoms with E-state index in [-0.39, 0.29) is 18.1 Å². The van der Waals surface area contributed by atoms with Crippen LogP contribution >= 0.6 is 0 Å². The summed E-state index contributed by atoms with van der Waals surface area (Å²) < 4.78 is 52.9. The number of halogens is 4. The van der Waals surface area contributed by atoms with Crippen molar-refractivity contribution in [3.63, 3.8) is 0 Å². The molecule has 0 N–H and O–H groups in total. The molecule has 1 aromatic rings. The second-order valence-electron chi connectivity index (χ2n) is 4.24. The summed E-state index contributed by atoms with van der Waals surface area (Å²) in [5, 5.41) is 0. The fraction of sp³-hybridized carbons (Fsp3) is 0.500. The monoisotopic (exact) mass is 234 g/mol. The second-order valence-corrected chi connectivity index (χ2v) is 4.24. The molecule has 1 rings (SSSR count). The molecule has 0 saturated heterocycles. The maximum atomic E-state index is 13.6. The summed E-state index contributed by atoms with van der Waals surface area (Å²) in [6.07, 6.45) is 0. The van der Waals surface area contributed by atoms with Gasteiger partial charge in [-0.1, -0.05) is 17.7 Å². The molecule has 0 atom stereocenters. The van der Waals surface area contributed by atoms with Crippen molar-refractivity contribution in [2.24, 2.45) is 0 Å². The summed E-state index contributed by atoms with van der Waals surface area (Å²) in [4.78, 5) is 0. The Balaban J connectivity index is 3.45. The van der Waals surface area contributed by atoms with Gasteiger partial charge in [-0.2, -0.15) is 17.6 Å². The highest BCUT2D eigenvalue weighted by Gasteiger charge is 2.54. The second kappa shape index (κ2) is 3.75. The molecule has 0 radical (unpaired) electrons. The van der Waals surface area contributed by atoms with Gasteiger partial charge < -0.3 is 0 Å². The fourth-order valence-electron chi connectivity index (χ4n) is 1.89. The average molecular weight is 234 g/mol. The van der Waals surface area contributed by atoms with Crippen molar-refractivity contribution in [2.45, 2.75) is 39.5 Å². The minimum Gasteiger partial charge on any atom is -0.200 e. The molecule has 0 unspecified atom stereocenters. The van der Waals surface area contributed by atoms with Crippen LogP contribution in [0.2, 0.25) is 0 Å². The van der Waals surface area contributed by atoms with Crippen molar-refractivity contribution < 1.29 is 17.6 Å². The number of rotatable bonds is 2. The van der Waals surface area contributed by atoms with E-state index in [2.05, 4.69) is 0 Å². The third kappa shape index (κ3) is 2.06. The van der Waals surface area contributed by atoms with Crippen molar-refractivity contribution in [3.05, 3.63) is 34.4 Å². The Labute approximate surface area is 92.3 Å². The predicted molar refractivity (Wildman–Crippen MR) is 55.2 cm³/mol. The van der Waals surface area contributed by atoms with Crippen molar-refractivity contribution in [1.82, 2.24) is 0 Å². The van der Waals surface area contributed by atoms with E-state index in [0.717, 1.165) is 5.56 Å². The van der Waals surface area contributed by atoms with Gasteiger partial charge in [0.1, 0.15) is 0 Å². The van der Waals surface area contributed by atoms with Gasteiger partial charge in [-0.3, -0.25) is 0 Å². The molecule has 0 amide bonds. The predicted octanol–water partition coefficient (Wildman–Crippen LogP) is 4.36. The molecule has 90 valence electrons. The normalized spacial score (nSPS) is 13.0. The average Bonchev–Trinajstić information content (AvgIpc) is 1.97.